The lowest BCUT2D eigenvalue weighted by Crippen LogP contribution is -2.17. The fourth-order valence-electron chi connectivity index (χ4n) is 3.14. The van der Waals surface area contributed by atoms with Crippen LogP contribution in [-0.2, 0) is 29.4 Å². The minimum absolute atomic E-state index is 0.200. The standard InChI is InChI=1S/C20H25N3O3S/c1-12(2)26-20(25)18-15-7-5-6-8-16(15)27-19(18)22-17(24)10-9-14-11-21-23(4)13(14)3/h9-12H,5-8H2,1-4H3,(H,22,24)/b10-9+. The van der Waals surface area contributed by atoms with Gasteiger partial charge in [0.25, 0.3) is 0 Å². The molecule has 0 atom stereocenters. The monoisotopic (exact) mass is 387 g/mol. The lowest BCUT2D eigenvalue weighted by atomic mass is 9.95. The molecule has 27 heavy (non-hydrogen) atoms. The van der Waals surface area contributed by atoms with Gasteiger partial charge in [0.2, 0.25) is 5.91 Å². The van der Waals surface area contributed by atoms with Crippen molar-refractivity contribution < 1.29 is 14.3 Å². The number of esters is 1. The topological polar surface area (TPSA) is 73.2 Å². The van der Waals surface area contributed by atoms with Crippen molar-refractivity contribution in [1.29, 1.82) is 0 Å². The zero-order valence-electron chi connectivity index (χ0n) is 16.2. The molecule has 0 fully saturated rings. The van der Waals surface area contributed by atoms with Crippen LogP contribution in [0.25, 0.3) is 6.08 Å². The quantitative estimate of drug-likeness (QED) is 0.624. The molecular weight excluding hydrogens is 362 g/mol. The van der Waals surface area contributed by atoms with E-state index in [-0.39, 0.29) is 18.0 Å². The highest BCUT2D eigenvalue weighted by atomic mass is 32.1. The molecule has 0 radical (unpaired) electrons. The molecule has 0 aromatic carbocycles. The van der Waals surface area contributed by atoms with E-state index in [0.717, 1.165) is 42.5 Å². The number of fused-ring (bicyclic) bond motifs is 1. The van der Waals surface area contributed by atoms with Crippen molar-refractivity contribution in [1.82, 2.24) is 9.78 Å². The predicted octanol–water partition coefficient (Wildman–Crippen LogP) is 3.89. The molecule has 1 N–H and O–H groups in total. The van der Waals surface area contributed by atoms with Crippen molar-refractivity contribution in [2.45, 2.75) is 52.6 Å². The van der Waals surface area contributed by atoms with Crippen LogP contribution in [0.1, 0.15) is 58.7 Å². The highest BCUT2D eigenvalue weighted by Gasteiger charge is 2.27. The first kappa shape index (κ1) is 19.4. The highest BCUT2D eigenvalue weighted by Crippen LogP contribution is 2.38. The first-order valence-corrected chi connectivity index (χ1v) is 10.0. The molecule has 0 saturated heterocycles. The predicted molar refractivity (Wildman–Crippen MR) is 107 cm³/mol. The number of hydrogen-bond acceptors (Lipinski definition) is 5. The van der Waals surface area contributed by atoms with Crippen molar-refractivity contribution in [2.24, 2.45) is 7.05 Å². The van der Waals surface area contributed by atoms with Gasteiger partial charge in [0.05, 0.1) is 17.9 Å². The molecular formula is C20H25N3O3S. The number of carbonyl (C=O) groups excluding carboxylic acids is 2. The van der Waals surface area contributed by atoms with Crippen LogP contribution in [0.5, 0.6) is 0 Å². The molecule has 0 bridgehead atoms. The summed E-state index contributed by atoms with van der Waals surface area (Å²) < 4.78 is 7.17. The van der Waals surface area contributed by atoms with E-state index in [9.17, 15) is 9.59 Å². The fraction of sp³-hybridized carbons (Fsp3) is 0.450. The number of hydrogen-bond donors (Lipinski definition) is 1. The lowest BCUT2D eigenvalue weighted by Gasteiger charge is -2.14. The van der Waals surface area contributed by atoms with Gasteiger partial charge in [-0.2, -0.15) is 5.10 Å². The van der Waals surface area contributed by atoms with Crippen molar-refractivity contribution in [3.63, 3.8) is 0 Å². The van der Waals surface area contributed by atoms with E-state index in [1.54, 1.807) is 17.0 Å². The van der Waals surface area contributed by atoms with Gasteiger partial charge in [-0.1, -0.05) is 0 Å². The lowest BCUT2D eigenvalue weighted by molar-refractivity contribution is -0.111. The molecule has 6 nitrogen and oxygen atoms in total. The zero-order valence-corrected chi connectivity index (χ0v) is 17.0. The van der Waals surface area contributed by atoms with Crippen LogP contribution in [0.15, 0.2) is 12.3 Å². The number of ether oxygens (including phenoxy) is 1. The molecule has 0 aliphatic heterocycles. The third-order valence-electron chi connectivity index (χ3n) is 4.64. The summed E-state index contributed by atoms with van der Waals surface area (Å²) in [5.74, 6) is -0.623. The Labute approximate surface area is 163 Å². The fourth-order valence-corrected chi connectivity index (χ4v) is 4.42. The number of rotatable bonds is 5. The maximum Gasteiger partial charge on any atom is 0.341 e. The number of anilines is 1. The first-order valence-electron chi connectivity index (χ1n) is 9.20. The Kier molecular flexibility index (Phi) is 5.79. The molecule has 7 heteroatoms. The Morgan fingerprint density at radius 3 is 2.74 bits per heavy atom. The summed E-state index contributed by atoms with van der Waals surface area (Å²) in [6, 6.07) is 0. The highest BCUT2D eigenvalue weighted by molar-refractivity contribution is 7.17. The Morgan fingerprint density at radius 2 is 2.07 bits per heavy atom. The molecule has 144 valence electrons. The molecule has 0 spiro atoms. The third-order valence-corrected chi connectivity index (χ3v) is 5.85. The molecule has 2 heterocycles. The Hall–Kier alpha value is -2.41. The van der Waals surface area contributed by atoms with Gasteiger partial charge in [0.1, 0.15) is 5.00 Å². The normalized spacial score (nSPS) is 13.8. The van der Waals surface area contributed by atoms with Gasteiger partial charge < -0.3 is 10.1 Å². The first-order chi connectivity index (χ1) is 12.9. The summed E-state index contributed by atoms with van der Waals surface area (Å²) in [7, 11) is 1.86. The van der Waals surface area contributed by atoms with Crippen molar-refractivity contribution in [3.8, 4) is 0 Å². The second-order valence-corrected chi connectivity index (χ2v) is 8.11. The van der Waals surface area contributed by atoms with Gasteiger partial charge in [-0.3, -0.25) is 9.48 Å². The minimum Gasteiger partial charge on any atom is -0.459 e. The maximum atomic E-state index is 12.6. The average molecular weight is 388 g/mol. The van der Waals surface area contributed by atoms with E-state index in [0.29, 0.717) is 10.6 Å². The number of nitrogens with zero attached hydrogens (tertiary/aromatic N) is 2. The van der Waals surface area contributed by atoms with Gasteiger partial charge >= 0.3 is 5.97 Å². The van der Waals surface area contributed by atoms with Gasteiger partial charge in [-0.15, -0.1) is 11.3 Å². The van der Waals surface area contributed by atoms with Crippen LogP contribution in [-0.4, -0.2) is 27.8 Å². The molecule has 1 amide bonds. The van der Waals surface area contributed by atoms with E-state index in [2.05, 4.69) is 10.4 Å². The van der Waals surface area contributed by atoms with Crippen LogP contribution < -0.4 is 5.32 Å². The molecule has 2 aromatic heterocycles. The van der Waals surface area contributed by atoms with Crippen LogP contribution >= 0.6 is 11.3 Å². The van der Waals surface area contributed by atoms with Crippen LogP contribution in [0.3, 0.4) is 0 Å². The summed E-state index contributed by atoms with van der Waals surface area (Å²) in [6.45, 7) is 5.60. The van der Waals surface area contributed by atoms with E-state index >= 15 is 0 Å². The molecule has 1 aliphatic rings. The van der Waals surface area contributed by atoms with E-state index in [4.69, 9.17) is 4.74 Å². The van der Waals surface area contributed by atoms with E-state index in [1.807, 2.05) is 27.8 Å². The van der Waals surface area contributed by atoms with Crippen molar-refractivity contribution in [3.05, 3.63) is 39.5 Å². The summed E-state index contributed by atoms with van der Waals surface area (Å²) in [6.07, 6.45) is 8.69. The summed E-state index contributed by atoms with van der Waals surface area (Å²) in [5.41, 5.74) is 3.44. The number of amides is 1. The maximum absolute atomic E-state index is 12.6. The number of nitrogens with one attached hydrogen (secondary N) is 1. The second-order valence-electron chi connectivity index (χ2n) is 7.00. The van der Waals surface area contributed by atoms with Gasteiger partial charge in [0.15, 0.2) is 0 Å². The van der Waals surface area contributed by atoms with Gasteiger partial charge in [-0.05, 0) is 58.1 Å². The Balaban J connectivity index is 1.83. The number of aryl methyl sites for hydroxylation is 2. The molecule has 0 unspecified atom stereocenters. The Bertz CT molecular complexity index is 893. The average Bonchev–Trinajstić information content (AvgIpc) is 3.13. The summed E-state index contributed by atoms with van der Waals surface area (Å²) in [4.78, 5) is 26.2. The summed E-state index contributed by atoms with van der Waals surface area (Å²) in [5, 5.41) is 7.63. The smallest absolute Gasteiger partial charge is 0.341 e. The van der Waals surface area contributed by atoms with Crippen LogP contribution in [0.4, 0.5) is 5.00 Å². The number of carbonyl (C=O) groups is 2. The largest absolute Gasteiger partial charge is 0.459 e. The molecule has 0 saturated carbocycles. The number of thiophene rings is 1. The molecule has 3 rings (SSSR count). The zero-order chi connectivity index (χ0) is 19.6. The van der Waals surface area contributed by atoms with Crippen LogP contribution in [0.2, 0.25) is 0 Å². The summed E-state index contributed by atoms with van der Waals surface area (Å²) >= 11 is 1.49. The second kappa shape index (κ2) is 8.08. The van der Waals surface area contributed by atoms with Crippen molar-refractivity contribution >= 4 is 34.3 Å². The molecule has 2 aromatic rings. The minimum atomic E-state index is -0.355. The molecule has 1 aliphatic carbocycles. The SMILES string of the molecule is Cc1c(/C=C/C(=O)Nc2sc3c(c2C(=O)OC(C)C)CCCC3)cnn1C. The van der Waals surface area contributed by atoms with Gasteiger partial charge in [0, 0.05) is 29.3 Å². The van der Waals surface area contributed by atoms with Gasteiger partial charge in [-0.25, -0.2) is 4.79 Å². The van der Waals surface area contributed by atoms with E-state index in [1.165, 1.54) is 22.3 Å². The van der Waals surface area contributed by atoms with Crippen molar-refractivity contribution in [2.75, 3.05) is 5.32 Å². The number of aromatic nitrogens is 2. The van der Waals surface area contributed by atoms with Crippen LogP contribution in [0, 0.1) is 6.92 Å². The Morgan fingerprint density at radius 1 is 1.33 bits per heavy atom. The van der Waals surface area contributed by atoms with E-state index < -0.39 is 0 Å². The third kappa shape index (κ3) is 4.30.